The lowest BCUT2D eigenvalue weighted by Gasteiger charge is -2.32. The van der Waals surface area contributed by atoms with E-state index in [1.165, 1.54) is 17.0 Å². The first kappa shape index (κ1) is 26.5. The highest BCUT2D eigenvalue weighted by molar-refractivity contribution is 5.86. The van der Waals surface area contributed by atoms with Crippen molar-refractivity contribution in [3.05, 3.63) is 35.4 Å². The molecule has 1 aliphatic heterocycles. The number of carbonyl (C=O) groups excluding carboxylic acids is 1. The van der Waals surface area contributed by atoms with Crippen LogP contribution in [-0.2, 0) is 15.8 Å². The molecule has 5 nitrogen and oxygen atoms in total. The van der Waals surface area contributed by atoms with E-state index in [0.717, 1.165) is 12.1 Å². The Labute approximate surface area is 174 Å². The van der Waals surface area contributed by atoms with E-state index in [1.54, 1.807) is 4.90 Å². The number of nitrogens with zero attached hydrogens (tertiary/aromatic N) is 2. The van der Waals surface area contributed by atoms with Crippen LogP contribution in [0.5, 0.6) is 0 Å². The normalized spacial score (nSPS) is 17.6. The Kier molecular flexibility index (Phi) is 10.3. The molecule has 2 unspecified atom stereocenters. The summed E-state index contributed by atoms with van der Waals surface area (Å²) in [4.78, 5) is 27.4. The molecule has 0 bridgehead atoms. The third kappa shape index (κ3) is 5.99. The van der Waals surface area contributed by atoms with E-state index in [0.29, 0.717) is 26.1 Å². The standard InChI is InChI=1S/C18H23F3N2O3.2ClH/c1-3-22(4-2)15(12-6-5-7-14(10-12)18(19,20)21)16(24)23-9-8-13(11-23)17(25)26;;/h5-7,10,13,15H,3-4,8-9,11H2,1-2H3,(H,25,26);2*1H. The van der Waals surface area contributed by atoms with Gasteiger partial charge < -0.3 is 10.0 Å². The lowest BCUT2D eigenvalue weighted by Crippen LogP contribution is -2.42. The average molecular weight is 445 g/mol. The van der Waals surface area contributed by atoms with E-state index < -0.39 is 29.7 Å². The van der Waals surface area contributed by atoms with Crippen molar-refractivity contribution in [2.45, 2.75) is 32.5 Å². The summed E-state index contributed by atoms with van der Waals surface area (Å²) in [6.45, 7) is 5.03. The number of carbonyl (C=O) groups is 2. The first-order valence-electron chi connectivity index (χ1n) is 8.61. The number of alkyl halides is 3. The summed E-state index contributed by atoms with van der Waals surface area (Å²) in [6, 6.07) is 3.93. The first-order valence-corrected chi connectivity index (χ1v) is 8.61. The van der Waals surface area contributed by atoms with Crippen molar-refractivity contribution < 1.29 is 27.9 Å². The van der Waals surface area contributed by atoms with Crippen molar-refractivity contribution in [1.29, 1.82) is 0 Å². The van der Waals surface area contributed by atoms with Gasteiger partial charge in [0.05, 0.1) is 11.5 Å². The summed E-state index contributed by atoms with van der Waals surface area (Å²) < 4.78 is 39.2. The molecule has 10 heteroatoms. The number of aliphatic carboxylic acids is 1. The monoisotopic (exact) mass is 444 g/mol. The van der Waals surface area contributed by atoms with Crippen LogP contribution in [-0.4, -0.2) is 53.0 Å². The number of likely N-dealkylation sites (N-methyl/N-ethyl adjacent to an activating group) is 1. The van der Waals surface area contributed by atoms with E-state index in [2.05, 4.69) is 0 Å². The zero-order valence-electron chi connectivity index (χ0n) is 15.6. The molecule has 0 saturated carbocycles. The predicted octanol–water partition coefficient (Wildman–Crippen LogP) is 3.87. The summed E-state index contributed by atoms with van der Waals surface area (Å²) in [5.74, 6) is -1.94. The van der Waals surface area contributed by atoms with Crippen LogP contribution in [0.15, 0.2) is 24.3 Å². The molecule has 1 aromatic carbocycles. The van der Waals surface area contributed by atoms with E-state index in [4.69, 9.17) is 5.11 Å². The maximum absolute atomic E-state index is 13.1. The van der Waals surface area contributed by atoms with Gasteiger partial charge in [-0.15, -0.1) is 24.8 Å². The van der Waals surface area contributed by atoms with Gasteiger partial charge in [-0.2, -0.15) is 13.2 Å². The Morgan fingerprint density at radius 1 is 1.25 bits per heavy atom. The molecule has 2 rings (SSSR count). The molecule has 160 valence electrons. The van der Waals surface area contributed by atoms with Crippen LogP contribution < -0.4 is 0 Å². The highest BCUT2D eigenvalue weighted by Crippen LogP contribution is 2.33. The molecule has 1 N–H and O–H groups in total. The number of benzene rings is 1. The van der Waals surface area contributed by atoms with Gasteiger partial charge in [0.1, 0.15) is 6.04 Å². The molecule has 28 heavy (non-hydrogen) atoms. The SMILES string of the molecule is CCN(CC)C(C(=O)N1CCC(C(=O)O)C1)c1cccc(C(F)(F)F)c1.Cl.Cl. The highest BCUT2D eigenvalue weighted by Gasteiger charge is 2.37. The molecule has 1 aromatic rings. The van der Waals surface area contributed by atoms with E-state index in [-0.39, 0.29) is 42.8 Å². The van der Waals surface area contributed by atoms with E-state index >= 15 is 0 Å². The quantitative estimate of drug-likeness (QED) is 0.723. The Hall–Kier alpha value is -1.51. The number of carboxylic acid groups (broad SMARTS) is 1. The van der Waals surface area contributed by atoms with Gasteiger partial charge in [0, 0.05) is 13.1 Å². The minimum Gasteiger partial charge on any atom is -0.481 e. The van der Waals surface area contributed by atoms with Crippen LogP contribution in [0.1, 0.15) is 37.4 Å². The lowest BCUT2D eigenvalue weighted by atomic mass is 10.0. The van der Waals surface area contributed by atoms with Crippen molar-refractivity contribution in [2.75, 3.05) is 26.2 Å². The van der Waals surface area contributed by atoms with Crippen LogP contribution in [0.25, 0.3) is 0 Å². The van der Waals surface area contributed by atoms with Crippen LogP contribution in [0, 0.1) is 5.92 Å². The zero-order valence-corrected chi connectivity index (χ0v) is 17.2. The summed E-state index contributed by atoms with van der Waals surface area (Å²) >= 11 is 0. The summed E-state index contributed by atoms with van der Waals surface area (Å²) in [5, 5.41) is 9.12. The number of rotatable bonds is 6. The Balaban J connectivity index is 0.00000364. The molecule has 0 radical (unpaired) electrons. The second kappa shape index (κ2) is 10.9. The number of hydrogen-bond donors (Lipinski definition) is 1. The molecule has 0 aliphatic carbocycles. The van der Waals surface area contributed by atoms with Gasteiger partial charge >= 0.3 is 12.1 Å². The molecule has 1 amide bonds. The average Bonchev–Trinajstić information content (AvgIpc) is 3.09. The van der Waals surface area contributed by atoms with Gasteiger partial charge in [-0.25, -0.2) is 0 Å². The number of hydrogen-bond acceptors (Lipinski definition) is 3. The van der Waals surface area contributed by atoms with Crippen LogP contribution in [0.4, 0.5) is 13.2 Å². The maximum Gasteiger partial charge on any atom is 0.416 e. The fourth-order valence-electron chi connectivity index (χ4n) is 3.32. The molecule has 1 fully saturated rings. The van der Waals surface area contributed by atoms with Crippen molar-refractivity contribution in [2.24, 2.45) is 5.92 Å². The maximum atomic E-state index is 13.1. The summed E-state index contributed by atoms with van der Waals surface area (Å²) in [6.07, 6.45) is -4.14. The summed E-state index contributed by atoms with van der Waals surface area (Å²) in [7, 11) is 0. The van der Waals surface area contributed by atoms with Gasteiger partial charge in [-0.05, 0) is 37.2 Å². The Bertz CT molecular complexity index is 670. The first-order chi connectivity index (χ1) is 12.2. The third-order valence-electron chi connectivity index (χ3n) is 4.79. The lowest BCUT2D eigenvalue weighted by molar-refractivity contribution is -0.142. The van der Waals surface area contributed by atoms with E-state index in [9.17, 15) is 22.8 Å². The van der Waals surface area contributed by atoms with Gasteiger partial charge in [0.2, 0.25) is 5.91 Å². The van der Waals surface area contributed by atoms with Crippen molar-refractivity contribution in [3.63, 3.8) is 0 Å². The van der Waals surface area contributed by atoms with Crippen LogP contribution >= 0.6 is 24.8 Å². The Morgan fingerprint density at radius 2 is 1.86 bits per heavy atom. The van der Waals surface area contributed by atoms with Crippen LogP contribution in [0.2, 0.25) is 0 Å². The molecule has 0 aromatic heterocycles. The van der Waals surface area contributed by atoms with Crippen molar-refractivity contribution in [1.82, 2.24) is 9.80 Å². The number of likely N-dealkylation sites (tertiary alicyclic amines) is 1. The van der Waals surface area contributed by atoms with Gasteiger partial charge in [-0.3, -0.25) is 14.5 Å². The summed E-state index contributed by atoms with van der Waals surface area (Å²) in [5.41, 5.74) is -0.530. The Morgan fingerprint density at radius 3 is 2.32 bits per heavy atom. The van der Waals surface area contributed by atoms with Gasteiger partial charge in [0.25, 0.3) is 0 Å². The van der Waals surface area contributed by atoms with Gasteiger partial charge in [-0.1, -0.05) is 26.0 Å². The smallest absolute Gasteiger partial charge is 0.416 e. The van der Waals surface area contributed by atoms with Crippen molar-refractivity contribution >= 4 is 36.7 Å². The second-order valence-corrected chi connectivity index (χ2v) is 6.36. The molecule has 0 spiro atoms. The minimum absolute atomic E-state index is 0. The topological polar surface area (TPSA) is 60.9 Å². The fraction of sp³-hybridized carbons (Fsp3) is 0.556. The van der Waals surface area contributed by atoms with Gasteiger partial charge in [0.15, 0.2) is 0 Å². The fourth-order valence-corrected chi connectivity index (χ4v) is 3.32. The number of halogens is 5. The highest BCUT2D eigenvalue weighted by atomic mass is 35.5. The molecule has 1 saturated heterocycles. The molecular formula is C18H25Cl2F3N2O3. The number of amides is 1. The van der Waals surface area contributed by atoms with Crippen LogP contribution in [0.3, 0.4) is 0 Å². The molecule has 1 heterocycles. The molecule has 2 atom stereocenters. The zero-order chi connectivity index (χ0) is 19.5. The number of carboxylic acids is 1. The van der Waals surface area contributed by atoms with E-state index in [1.807, 2.05) is 13.8 Å². The largest absolute Gasteiger partial charge is 0.481 e. The predicted molar refractivity (Wildman–Crippen MR) is 104 cm³/mol. The molecule has 1 aliphatic rings. The third-order valence-corrected chi connectivity index (χ3v) is 4.79. The molecular weight excluding hydrogens is 420 g/mol. The second-order valence-electron chi connectivity index (χ2n) is 6.36. The minimum atomic E-state index is -4.49. The van der Waals surface area contributed by atoms with Crippen molar-refractivity contribution in [3.8, 4) is 0 Å².